The number of halogens is 2. The van der Waals surface area contributed by atoms with Gasteiger partial charge in [0, 0.05) is 11.4 Å². The predicted molar refractivity (Wildman–Crippen MR) is 52.5 cm³/mol. The highest BCUT2D eigenvalue weighted by atomic mass is 79.9. The van der Waals surface area contributed by atoms with Crippen LogP contribution in [-0.2, 0) is 4.79 Å². The van der Waals surface area contributed by atoms with Crippen molar-refractivity contribution in [1.82, 2.24) is 4.90 Å². The molecule has 0 saturated carbocycles. The number of nitrogens with zero attached hydrogens (tertiary/aromatic N) is 1. The number of carbonyl (C=O) groups is 1. The fourth-order valence-corrected chi connectivity index (χ4v) is 3.15. The molecular weight excluding hydrogens is 274 g/mol. The third-order valence-corrected chi connectivity index (χ3v) is 4.71. The summed E-state index contributed by atoms with van der Waals surface area (Å²) in [4.78, 5) is 13.8. The SMILES string of the molecule is CC(=O)[C@@H]1C(Br)C(Br)CN1C. The van der Waals surface area contributed by atoms with Crippen LogP contribution in [0.5, 0.6) is 0 Å². The molecule has 11 heavy (non-hydrogen) atoms. The van der Waals surface area contributed by atoms with Crippen molar-refractivity contribution in [2.75, 3.05) is 13.6 Å². The van der Waals surface area contributed by atoms with E-state index in [-0.39, 0.29) is 16.7 Å². The average molecular weight is 285 g/mol. The predicted octanol–water partition coefficient (Wildman–Crippen LogP) is 1.42. The number of hydrogen-bond donors (Lipinski definition) is 0. The maximum Gasteiger partial charge on any atom is 0.148 e. The van der Waals surface area contributed by atoms with Crippen molar-refractivity contribution in [2.45, 2.75) is 22.6 Å². The first kappa shape index (κ1) is 9.68. The summed E-state index contributed by atoms with van der Waals surface area (Å²) in [5, 5.41) is 0. The van der Waals surface area contributed by atoms with Gasteiger partial charge in [-0.05, 0) is 14.0 Å². The molecule has 0 aliphatic carbocycles. The van der Waals surface area contributed by atoms with Crippen LogP contribution in [0.3, 0.4) is 0 Å². The highest BCUT2D eigenvalue weighted by molar-refractivity contribution is 9.12. The molecule has 0 N–H and O–H groups in total. The van der Waals surface area contributed by atoms with Crippen LogP contribution < -0.4 is 0 Å². The van der Waals surface area contributed by atoms with Gasteiger partial charge in [-0.2, -0.15) is 0 Å². The van der Waals surface area contributed by atoms with E-state index in [1.165, 1.54) is 0 Å². The van der Waals surface area contributed by atoms with Crippen LogP contribution in [0.2, 0.25) is 0 Å². The normalized spacial score (nSPS) is 39.5. The van der Waals surface area contributed by atoms with Gasteiger partial charge in [0.05, 0.1) is 10.9 Å². The van der Waals surface area contributed by atoms with Gasteiger partial charge >= 0.3 is 0 Å². The molecule has 0 aromatic rings. The number of Topliss-reactive ketones (excluding diaryl/α,β-unsaturated/α-hetero) is 1. The molecule has 0 aromatic carbocycles. The first-order valence-electron chi connectivity index (χ1n) is 3.53. The van der Waals surface area contributed by atoms with E-state index in [1.807, 2.05) is 7.05 Å². The fraction of sp³-hybridized carbons (Fsp3) is 0.857. The Hall–Kier alpha value is 0.590. The third kappa shape index (κ3) is 1.84. The summed E-state index contributed by atoms with van der Waals surface area (Å²) < 4.78 is 0. The molecule has 64 valence electrons. The van der Waals surface area contributed by atoms with Crippen molar-refractivity contribution >= 4 is 37.6 Å². The first-order chi connectivity index (χ1) is 5.04. The monoisotopic (exact) mass is 283 g/mol. The van der Waals surface area contributed by atoms with Crippen molar-refractivity contribution in [3.63, 3.8) is 0 Å². The summed E-state index contributed by atoms with van der Waals surface area (Å²) in [5.41, 5.74) is 0. The fourth-order valence-electron chi connectivity index (χ4n) is 1.46. The zero-order chi connectivity index (χ0) is 8.59. The molecule has 0 bridgehead atoms. The smallest absolute Gasteiger partial charge is 0.148 e. The van der Waals surface area contributed by atoms with Crippen LogP contribution in [0.4, 0.5) is 0 Å². The minimum absolute atomic E-state index is 0.0411. The van der Waals surface area contributed by atoms with Gasteiger partial charge in [0.1, 0.15) is 5.78 Å². The molecule has 1 aliphatic heterocycles. The largest absolute Gasteiger partial charge is 0.298 e. The molecule has 2 nitrogen and oxygen atoms in total. The van der Waals surface area contributed by atoms with E-state index in [2.05, 4.69) is 36.8 Å². The second-order valence-corrected chi connectivity index (χ2v) is 5.19. The Morgan fingerprint density at radius 2 is 2.09 bits per heavy atom. The summed E-state index contributed by atoms with van der Waals surface area (Å²) in [6.07, 6.45) is 0. The van der Waals surface area contributed by atoms with Crippen molar-refractivity contribution in [1.29, 1.82) is 0 Å². The topological polar surface area (TPSA) is 20.3 Å². The van der Waals surface area contributed by atoms with E-state index in [9.17, 15) is 4.79 Å². The second-order valence-electron chi connectivity index (χ2n) is 2.96. The van der Waals surface area contributed by atoms with Crippen LogP contribution >= 0.6 is 31.9 Å². The number of alkyl halides is 2. The highest BCUT2D eigenvalue weighted by Gasteiger charge is 2.39. The van der Waals surface area contributed by atoms with Crippen LogP contribution in [0, 0.1) is 0 Å². The van der Waals surface area contributed by atoms with E-state index in [4.69, 9.17) is 0 Å². The lowest BCUT2D eigenvalue weighted by Gasteiger charge is -2.17. The van der Waals surface area contributed by atoms with Gasteiger partial charge < -0.3 is 0 Å². The van der Waals surface area contributed by atoms with Crippen LogP contribution in [0.1, 0.15) is 6.92 Å². The Morgan fingerprint density at radius 3 is 2.27 bits per heavy atom. The molecule has 1 rings (SSSR count). The minimum atomic E-state index is 0.0411. The number of carbonyl (C=O) groups excluding carboxylic acids is 1. The lowest BCUT2D eigenvalue weighted by atomic mass is 10.1. The lowest BCUT2D eigenvalue weighted by molar-refractivity contribution is -0.120. The molecule has 1 heterocycles. The standard InChI is InChI=1S/C7H11Br2NO/c1-4(11)7-6(9)5(8)3-10(7)2/h5-7H,3H2,1-2H3/t5?,6?,7-/m1/s1. The molecule has 0 radical (unpaired) electrons. The van der Waals surface area contributed by atoms with Gasteiger partial charge in [0.25, 0.3) is 0 Å². The molecule has 1 saturated heterocycles. The van der Waals surface area contributed by atoms with E-state index in [0.717, 1.165) is 6.54 Å². The van der Waals surface area contributed by atoms with Crippen molar-refractivity contribution in [3.05, 3.63) is 0 Å². The molecule has 1 fully saturated rings. The van der Waals surface area contributed by atoms with Gasteiger partial charge in [-0.25, -0.2) is 0 Å². The Labute approximate surface area is 83.6 Å². The number of likely N-dealkylation sites (N-methyl/N-ethyl adjacent to an activating group) is 1. The molecule has 0 amide bonds. The molecule has 4 heteroatoms. The highest BCUT2D eigenvalue weighted by Crippen LogP contribution is 2.29. The van der Waals surface area contributed by atoms with Crippen molar-refractivity contribution < 1.29 is 4.79 Å². The quantitative estimate of drug-likeness (QED) is 0.679. The van der Waals surface area contributed by atoms with E-state index in [1.54, 1.807) is 6.92 Å². The number of likely N-dealkylation sites (tertiary alicyclic amines) is 1. The Bertz CT molecular complexity index is 174. The molecule has 1 aliphatic rings. The van der Waals surface area contributed by atoms with E-state index in [0.29, 0.717) is 4.83 Å². The van der Waals surface area contributed by atoms with Gasteiger partial charge in [0.2, 0.25) is 0 Å². The van der Waals surface area contributed by atoms with Crippen LogP contribution in [-0.4, -0.2) is 40.0 Å². The van der Waals surface area contributed by atoms with Gasteiger partial charge in [-0.3, -0.25) is 9.69 Å². The van der Waals surface area contributed by atoms with E-state index < -0.39 is 0 Å². The minimum Gasteiger partial charge on any atom is -0.298 e. The zero-order valence-electron chi connectivity index (χ0n) is 6.55. The average Bonchev–Trinajstić information content (AvgIpc) is 2.07. The van der Waals surface area contributed by atoms with E-state index >= 15 is 0 Å². The number of hydrogen-bond acceptors (Lipinski definition) is 2. The maximum absolute atomic E-state index is 11.1. The summed E-state index contributed by atoms with van der Waals surface area (Å²) >= 11 is 7.01. The summed E-state index contributed by atoms with van der Waals surface area (Å²) in [6, 6.07) is 0.0411. The Kier molecular flexibility index (Phi) is 3.11. The second kappa shape index (κ2) is 3.54. The molecule has 0 spiro atoms. The summed E-state index contributed by atoms with van der Waals surface area (Å²) in [7, 11) is 1.97. The van der Waals surface area contributed by atoms with Crippen LogP contribution in [0.25, 0.3) is 0 Å². The van der Waals surface area contributed by atoms with Crippen molar-refractivity contribution in [3.8, 4) is 0 Å². The third-order valence-electron chi connectivity index (χ3n) is 2.00. The zero-order valence-corrected chi connectivity index (χ0v) is 9.72. The number of ketones is 1. The molecule has 2 unspecified atom stereocenters. The van der Waals surface area contributed by atoms with Gasteiger partial charge in [0.15, 0.2) is 0 Å². The Balaban J connectivity index is 2.71. The van der Waals surface area contributed by atoms with Gasteiger partial charge in [-0.1, -0.05) is 31.9 Å². The summed E-state index contributed by atoms with van der Waals surface area (Å²) in [5.74, 6) is 0.233. The van der Waals surface area contributed by atoms with Crippen molar-refractivity contribution in [2.24, 2.45) is 0 Å². The number of rotatable bonds is 1. The summed E-state index contributed by atoms with van der Waals surface area (Å²) in [6.45, 7) is 2.57. The van der Waals surface area contributed by atoms with Gasteiger partial charge in [-0.15, -0.1) is 0 Å². The molecule has 0 aromatic heterocycles. The lowest BCUT2D eigenvalue weighted by Crippen LogP contribution is -2.36. The first-order valence-corrected chi connectivity index (χ1v) is 5.36. The molecule has 3 atom stereocenters. The van der Waals surface area contributed by atoms with Crippen LogP contribution in [0.15, 0.2) is 0 Å². The Morgan fingerprint density at radius 1 is 1.55 bits per heavy atom. The maximum atomic E-state index is 11.1. The molecular formula is C7H11Br2NO.